The van der Waals surface area contributed by atoms with E-state index in [2.05, 4.69) is 0 Å². The molecule has 0 aromatic heterocycles. The molecular formula is C14H21NO5S. The fraction of sp³-hybridized carbons (Fsp3) is 0.500. The van der Waals surface area contributed by atoms with E-state index in [0.29, 0.717) is 13.0 Å². The average Bonchev–Trinajstić information content (AvgIpc) is 2.42. The first-order valence-corrected chi connectivity index (χ1v) is 8.04. The third kappa shape index (κ3) is 4.80. The summed E-state index contributed by atoms with van der Waals surface area (Å²) in [6.45, 7) is 3.30. The lowest BCUT2D eigenvalue weighted by molar-refractivity contribution is -0.137. The summed E-state index contributed by atoms with van der Waals surface area (Å²) < 4.78 is 30.9. The van der Waals surface area contributed by atoms with Gasteiger partial charge < -0.3 is 9.84 Å². The van der Waals surface area contributed by atoms with Crippen LogP contribution >= 0.6 is 0 Å². The molecule has 0 aliphatic rings. The molecule has 118 valence electrons. The number of hydrogen-bond donors (Lipinski definition) is 1. The zero-order valence-electron chi connectivity index (χ0n) is 12.4. The highest BCUT2D eigenvalue weighted by Crippen LogP contribution is 2.19. The number of carboxylic acid groups (broad SMARTS) is 1. The Labute approximate surface area is 125 Å². The van der Waals surface area contributed by atoms with Crippen molar-refractivity contribution in [3.63, 3.8) is 0 Å². The Bertz CT molecular complexity index is 566. The molecule has 0 fully saturated rings. The molecule has 7 heteroatoms. The molecule has 21 heavy (non-hydrogen) atoms. The summed E-state index contributed by atoms with van der Waals surface area (Å²) in [6.07, 6.45) is 0.694. The number of ether oxygens (including phenoxy) is 1. The number of carboxylic acids is 1. The molecule has 0 aliphatic heterocycles. The molecule has 6 nitrogen and oxygen atoms in total. The standard InChI is InChI=1S/C14H21NO5S/c1-11(2)15(10-14(16)17)21(18,19)13-6-4-12(5-7-13)8-9-20-3/h4-7,11H,8-10H2,1-3H3,(H,16,17). The van der Waals surface area contributed by atoms with Gasteiger partial charge in [-0.15, -0.1) is 0 Å². The summed E-state index contributed by atoms with van der Waals surface area (Å²) >= 11 is 0. The zero-order chi connectivity index (χ0) is 16.0. The molecule has 1 aromatic rings. The number of nitrogens with zero attached hydrogens (tertiary/aromatic N) is 1. The van der Waals surface area contributed by atoms with E-state index in [4.69, 9.17) is 9.84 Å². The summed E-state index contributed by atoms with van der Waals surface area (Å²) in [6, 6.07) is 5.99. The number of sulfonamides is 1. The number of hydrogen-bond acceptors (Lipinski definition) is 4. The Morgan fingerprint density at radius 2 is 1.86 bits per heavy atom. The first-order valence-electron chi connectivity index (χ1n) is 6.60. The maximum absolute atomic E-state index is 12.5. The molecule has 0 aliphatic carbocycles. The topological polar surface area (TPSA) is 83.9 Å². The molecule has 1 aromatic carbocycles. The fourth-order valence-electron chi connectivity index (χ4n) is 1.86. The normalized spacial score (nSPS) is 12.0. The Balaban J connectivity index is 3.02. The minimum atomic E-state index is -3.81. The average molecular weight is 315 g/mol. The minimum absolute atomic E-state index is 0.0959. The summed E-state index contributed by atoms with van der Waals surface area (Å²) in [7, 11) is -2.21. The van der Waals surface area contributed by atoms with Crippen LogP contribution in [0.5, 0.6) is 0 Å². The van der Waals surface area contributed by atoms with Crippen LogP contribution in [0.2, 0.25) is 0 Å². The molecular weight excluding hydrogens is 294 g/mol. The second-order valence-electron chi connectivity index (χ2n) is 4.92. The van der Waals surface area contributed by atoms with Crippen LogP contribution in [0, 0.1) is 0 Å². The van der Waals surface area contributed by atoms with Crippen molar-refractivity contribution in [2.24, 2.45) is 0 Å². The van der Waals surface area contributed by atoms with Crippen LogP contribution in [0.25, 0.3) is 0 Å². The van der Waals surface area contributed by atoms with Crippen molar-refractivity contribution >= 4 is 16.0 Å². The van der Waals surface area contributed by atoms with Gasteiger partial charge in [-0.2, -0.15) is 4.31 Å². The molecule has 0 radical (unpaired) electrons. The van der Waals surface area contributed by atoms with Gasteiger partial charge in [0.2, 0.25) is 10.0 Å². The lowest BCUT2D eigenvalue weighted by atomic mass is 10.2. The summed E-state index contributed by atoms with van der Waals surface area (Å²) in [4.78, 5) is 10.9. The molecule has 0 saturated heterocycles. The quantitative estimate of drug-likeness (QED) is 0.783. The summed E-state index contributed by atoms with van der Waals surface area (Å²) in [5.74, 6) is -1.18. The number of carbonyl (C=O) groups is 1. The molecule has 0 bridgehead atoms. The number of benzene rings is 1. The van der Waals surface area contributed by atoms with Gasteiger partial charge >= 0.3 is 5.97 Å². The molecule has 1 rings (SSSR count). The van der Waals surface area contributed by atoms with E-state index in [1.54, 1.807) is 33.1 Å². The van der Waals surface area contributed by atoms with Crippen LogP contribution in [0.1, 0.15) is 19.4 Å². The third-order valence-corrected chi connectivity index (χ3v) is 5.03. The molecule has 0 heterocycles. The van der Waals surface area contributed by atoms with Gasteiger partial charge in [0.25, 0.3) is 0 Å². The van der Waals surface area contributed by atoms with E-state index in [9.17, 15) is 13.2 Å². The summed E-state index contributed by atoms with van der Waals surface area (Å²) in [5, 5.41) is 8.86. The van der Waals surface area contributed by atoms with Gasteiger partial charge in [-0.1, -0.05) is 12.1 Å². The van der Waals surface area contributed by atoms with Crippen molar-refractivity contribution in [2.45, 2.75) is 31.2 Å². The van der Waals surface area contributed by atoms with Gasteiger partial charge in [0.1, 0.15) is 6.54 Å². The van der Waals surface area contributed by atoms with Crippen LogP contribution in [0.15, 0.2) is 29.2 Å². The first-order chi connectivity index (χ1) is 9.78. The van der Waals surface area contributed by atoms with E-state index >= 15 is 0 Å². The van der Waals surface area contributed by atoms with Crippen LogP contribution in [-0.2, 0) is 26.0 Å². The minimum Gasteiger partial charge on any atom is -0.480 e. The lowest BCUT2D eigenvalue weighted by Crippen LogP contribution is -2.40. The van der Waals surface area contributed by atoms with Crippen molar-refractivity contribution in [2.75, 3.05) is 20.3 Å². The number of rotatable bonds is 8. The maximum atomic E-state index is 12.5. The van der Waals surface area contributed by atoms with E-state index in [-0.39, 0.29) is 4.90 Å². The first kappa shape index (κ1) is 17.6. The van der Waals surface area contributed by atoms with Gasteiger partial charge in [-0.05, 0) is 38.0 Å². The Hall–Kier alpha value is -1.44. The van der Waals surface area contributed by atoms with E-state index in [1.807, 2.05) is 0 Å². The van der Waals surface area contributed by atoms with Crippen LogP contribution in [-0.4, -0.2) is 50.1 Å². The van der Waals surface area contributed by atoms with Gasteiger partial charge in [-0.3, -0.25) is 4.79 Å². The van der Waals surface area contributed by atoms with Gasteiger partial charge in [-0.25, -0.2) is 8.42 Å². The highest BCUT2D eigenvalue weighted by Gasteiger charge is 2.28. The predicted octanol–water partition coefficient (Wildman–Crippen LogP) is 1.36. The predicted molar refractivity (Wildman–Crippen MR) is 78.7 cm³/mol. The van der Waals surface area contributed by atoms with Crippen LogP contribution in [0.3, 0.4) is 0 Å². The number of methoxy groups -OCH3 is 1. The molecule has 0 spiro atoms. The van der Waals surface area contributed by atoms with Gasteiger partial charge in [0, 0.05) is 13.2 Å². The molecule has 0 amide bonds. The SMILES string of the molecule is COCCc1ccc(S(=O)(=O)N(CC(=O)O)C(C)C)cc1. The van der Waals surface area contributed by atoms with E-state index < -0.39 is 28.6 Å². The number of aliphatic carboxylic acids is 1. The fourth-order valence-corrected chi connectivity index (χ4v) is 3.45. The van der Waals surface area contributed by atoms with E-state index in [0.717, 1.165) is 9.87 Å². The largest absolute Gasteiger partial charge is 0.480 e. The van der Waals surface area contributed by atoms with Crippen molar-refractivity contribution in [3.05, 3.63) is 29.8 Å². The van der Waals surface area contributed by atoms with Crippen molar-refractivity contribution in [1.82, 2.24) is 4.31 Å². The maximum Gasteiger partial charge on any atom is 0.318 e. The third-order valence-electron chi connectivity index (χ3n) is 2.99. The highest BCUT2D eigenvalue weighted by molar-refractivity contribution is 7.89. The van der Waals surface area contributed by atoms with Crippen molar-refractivity contribution in [1.29, 1.82) is 0 Å². The smallest absolute Gasteiger partial charge is 0.318 e. The zero-order valence-corrected chi connectivity index (χ0v) is 13.3. The second kappa shape index (κ2) is 7.53. The Morgan fingerprint density at radius 3 is 2.29 bits per heavy atom. The molecule has 0 saturated carbocycles. The Morgan fingerprint density at radius 1 is 1.29 bits per heavy atom. The lowest BCUT2D eigenvalue weighted by Gasteiger charge is -2.24. The van der Waals surface area contributed by atoms with Crippen LogP contribution in [0.4, 0.5) is 0 Å². The monoisotopic (exact) mass is 315 g/mol. The van der Waals surface area contributed by atoms with Gasteiger partial charge in [0.15, 0.2) is 0 Å². The van der Waals surface area contributed by atoms with Crippen molar-refractivity contribution in [3.8, 4) is 0 Å². The van der Waals surface area contributed by atoms with Crippen molar-refractivity contribution < 1.29 is 23.1 Å². The second-order valence-corrected chi connectivity index (χ2v) is 6.82. The molecule has 0 unspecified atom stereocenters. The van der Waals surface area contributed by atoms with E-state index in [1.165, 1.54) is 12.1 Å². The molecule has 1 N–H and O–H groups in total. The Kier molecular flexibility index (Phi) is 6.32. The van der Waals surface area contributed by atoms with Crippen LogP contribution < -0.4 is 0 Å². The summed E-state index contributed by atoms with van der Waals surface area (Å²) in [5.41, 5.74) is 0.963. The highest BCUT2D eigenvalue weighted by atomic mass is 32.2. The molecule has 0 atom stereocenters. The van der Waals surface area contributed by atoms with Gasteiger partial charge in [0.05, 0.1) is 11.5 Å².